The summed E-state index contributed by atoms with van der Waals surface area (Å²) >= 11 is 0. The van der Waals surface area contributed by atoms with Gasteiger partial charge in [-0.1, -0.05) is 136 Å². The van der Waals surface area contributed by atoms with E-state index in [1.807, 2.05) is 0 Å². The van der Waals surface area contributed by atoms with Gasteiger partial charge in [-0.25, -0.2) is 4.79 Å². The van der Waals surface area contributed by atoms with Crippen LogP contribution in [0.25, 0.3) is 0 Å². The molecule has 0 aliphatic heterocycles. The first-order valence-corrected chi connectivity index (χ1v) is 21.6. The molecule has 0 amide bonds. The van der Waals surface area contributed by atoms with Gasteiger partial charge in [-0.05, 0) is 77.5 Å². The summed E-state index contributed by atoms with van der Waals surface area (Å²) < 4.78 is 16.1. The molecule has 0 aromatic rings. The van der Waals surface area contributed by atoms with E-state index in [9.17, 15) is 14.7 Å². The number of aliphatic hydroxyl groups excluding tert-OH is 1. The topological polar surface area (TPSA) is 88.5 Å². The minimum absolute atomic E-state index is 0.0736. The van der Waals surface area contributed by atoms with Gasteiger partial charge in [0.25, 0.3) is 0 Å². The molecule has 0 spiro atoms. The van der Waals surface area contributed by atoms with E-state index in [1.165, 1.54) is 116 Å². The Hall–Kier alpha value is -1.38. The van der Waals surface area contributed by atoms with Crippen LogP contribution in [-0.2, 0) is 19.0 Å². The molecule has 50 heavy (non-hydrogen) atoms. The van der Waals surface area contributed by atoms with Crippen LogP contribution >= 0.6 is 0 Å². The molecule has 8 nitrogen and oxygen atoms in total. The molecule has 0 aliphatic rings. The van der Waals surface area contributed by atoms with E-state index in [0.717, 1.165) is 84.1 Å². The molecule has 0 radical (unpaired) electrons. The lowest BCUT2D eigenvalue weighted by Crippen LogP contribution is -2.30. The van der Waals surface area contributed by atoms with Gasteiger partial charge in [0.05, 0.1) is 19.8 Å². The summed E-state index contributed by atoms with van der Waals surface area (Å²) in [5.74, 6) is -0.0736. The van der Waals surface area contributed by atoms with E-state index < -0.39 is 6.16 Å². The molecule has 0 aromatic carbocycles. The number of ether oxygens (including phenoxy) is 3. The van der Waals surface area contributed by atoms with E-state index in [2.05, 4.69) is 30.6 Å². The Morgan fingerprint density at radius 2 is 0.760 bits per heavy atom. The maximum absolute atomic E-state index is 12.4. The summed E-state index contributed by atoms with van der Waals surface area (Å²) in [6.07, 6.45) is 31.0. The first-order valence-electron chi connectivity index (χ1n) is 21.6. The van der Waals surface area contributed by atoms with Crippen molar-refractivity contribution in [1.29, 1.82) is 0 Å². The number of carbonyl (C=O) groups is 2. The van der Waals surface area contributed by atoms with Gasteiger partial charge in [0, 0.05) is 19.5 Å². The van der Waals surface area contributed by atoms with E-state index in [1.54, 1.807) is 0 Å². The van der Waals surface area contributed by atoms with Crippen LogP contribution in [0.15, 0.2) is 0 Å². The largest absolute Gasteiger partial charge is 0.508 e. The van der Waals surface area contributed by atoms with Crippen molar-refractivity contribution in [2.24, 2.45) is 0 Å². The van der Waals surface area contributed by atoms with Crippen molar-refractivity contribution in [2.45, 2.75) is 194 Å². The average molecular weight is 713 g/mol. The molecule has 0 saturated carbocycles. The molecule has 0 aromatic heterocycles. The maximum Gasteiger partial charge on any atom is 0.508 e. The Morgan fingerprint density at radius 1 is 0.400 bits per heavy atom. The van der Waals surface area contributed by atoms with E-state index in [4.69, 9.17) is 14.2 Å². The Labute approximate surface area is 310 Å². The Kier molecular flexibility index (Phi) is 39.3. The standard InChI is InChI=1S/C42H84N2O6/c1-4-7-10-13-16-17-20-28-38-49-42(47)50-39-29-22-27-32-43(35-37-45)31-26-21-23-30-41(46)48-40-36-44(33-24-18-14-11-8-5-2)34-25-19-15-12-9-6-3/h45H,4-40H2,1-3H3. The number of unbranched alkanes of at least 4 members (excludes halogenated alkanes) is 21. The molecule has 0 rings (SSSR count). The fourth-order valence-electron chi connectivity index (χ4n) is 6.39. The molecule has 0 atom stereocenters. The van der Waals surface area contributed by atoms with Crippen LogP contribution in [0.1, 0.15) is 194 Å². The van der Waals surface area contributed by atoms with Gasteiger partial charge in [0.2, 0.25) is 0 Å². The number of esters is 1. The molecular formula is C42H84N2O6. The summed E-state index contributed by atoms with van der Waals surface area (Å²) in [5, 5.41) is 9.50. The molecule has 0 heterocycles. The third-order valence-electron chi connectivity index (χ3n) is 9.65. The Balaban J connectivity index is 3.96. The average Bonchev–Trinajstić information content (AvgIpc) is 3.11. The lowest BCUT2D eigenvalue weighted by Gasteiger charge is -2.22. The van der Waals surface area contributed by atoms with Crippen molar-refractivity contribution in [3.8, 4) is 0 Å². The zero-order chi connectivity index (χ0) is 36.6. The van der Waals surface area contributed by atoms with Crippen LogP contribution < -0.4 is 0 Å². The van der Waals surface area contributed by atoms with Crippen molar-refractivity contribution < 1.29 is 28.9 Å². The molecule has 298 valence electrons. The second-order valence-corrected chi connectivity index (χ2v) is 14.5. The van der Waals surface area contributed by atoms with Gasteiger partial charge in [0.1, 0.15) is 6.61 Å². The number of hydrogen-bond acceptors (Lipinski definition) is 8. The minimum atomic E-state index is -0.548. The predicted molar refractivity (Wildman–Crippen MR) is 210 cm³/mol. The molecule has 0 aliphatic carbocycles. The van der Waals surface area contributed by atoms with Gasteiger partial charge < -0.3 is 24.2 Å². The fraction of sp³-hybridized carbons (Fsp3) is 0.952. The predicted octanol–water partition coefficient (Wildman–Crippen LogP) is 10.9. The van der Waals surface area contributed by atoms with Crippen molar-refractivity contribution in [3.05, 3.63) is 0 Å². The van der Waals surface area contributed by atoms with Gasteiger partial charge in [-0.3, -0.25) is 9.69 Å². The zero-order valence-corrected chi connectivity index (χ0v) is 33.5. The Bertz CT molecular complexity index is 694. The first-order chi connectivity index (χ1) is 24.6. The van der Waals surface area contributed by atoms with E-state index in [0.29, 0.717) is 32.8 Å². The van der Waals surface area contributed by atoms with Crippen molar-refractivity contribution in [2.75, 3.05) is 65.7 Å². The van der Waals surface area contributed by atoms with Crippen LogP contribution in [0, 0.1) is 0 Å². The van der Waals surface area contributed by atoms with Crippen LogP contribution in [0.2, 0.25) is 0 Å². The summed E-state index contributed by atoms with van der Waals surface area (Å²) in [5.41, 5.74) is 0. The Morgan fingerprint density at radius 3 is 1.20 bits per heavy atom. The van der Waals surface area contributed by atoms with Crippen LogP contribution in [0.4, 0.5) is 4.79 Å². The normalized spacial score (nSPS) is 11.5. The smallest absolute Gasteiger partial charge is 0.464 e. The van der Waals surface area contributed by atoms with E-state index >= 15 is 0 Å². The second-order valence-electron chi connectivity index (χ2n) is 14.5. The van der Waals surface area contributed by atoms with Crippen LogP contribution in [-0.4, -0.2) is 92.7 Å². The molecule has 0 fully saturated rings. The summed E-state index contributed by atoms with van der Waals surface area (Å²) in [6.45, 7) is 13.8. The van der Waals surface area contributed by atoms with Crippen molar-refractivity contribution in [3.63, 3.8) is 0 Å². The SMILES string of the molecule is CCCCCCCCCCOC(=O)OCCCCCN(CCO)CCCCCC(=O)OCCN(CCCCCCCC)CCCCCCCC. The third kappa shape index (κ3) is 36.4. The van der Waals surface area contributed by atoms with Gasteiger partial charge in [0.15, 0.2) is 0 Å². The number of rotatable bonds is 40. The second kappa shape index (κ2) is 40.4. The molecular weight excluding hydrogens is 628 g/mol. The van der Waals surface area contributed by atoms with Gasteiger partial charge in [-0.2, -0.15) is 0 Å². The highest BCUT2D eigenvalue weighted by molar-refractivity contribution is 5.69. The summed E-state index contributed by atoms with van der Waals surface area (Å²) in [4.78, 5) is 29.0. The minimum Gasteiger partial charge on any atom is -0.464 e. The molecule has 0 saturated heterocycles. The number of aliphatic hydroxyl groups is 1. The quantitative estimate of drug-likeness (QED) is 0.0496. The number of carbonyl (C=O) groups excluding carboxylic acids is 2. The van der Waals surface area contributed by atoms with Gasteiger partial charge in [-0.15, -0.1) is 0 Å². The van der Waals surface area contributed by atoms with Crippen molar-refractivity contribution in [1.82, 2.24) is 9.80 Å². The highest BCUT2D eigenvalue weighted by Gasteiger charge is 2.10. The molecule has 0 bridgehead atoms. The lowest BCUT2D eigenvalue weighted by molar-refractivity contribution is -0.144. The highest BCUT2D eigenvalue weighted by atomic mass is 16.7. The maximum atomic E-state index is 12.4. The first kappa shape index (κ1) is 48.6. The fourth-order valence-corrected chi connectivity index (χ4v) is 6.39. The van der Waals surface area contributed by atoms with Gasteiger partial charge >= 0.3 is 12.1 Å². The summed E-state index contributed by atoms with van der Waals surface area (Å²) in [6, 6.07) is 0. The molecule has 8 heteroatoms. The monoisotopic (exact) mass is 713 g/mol. The lowest BCUT2D eigenvalue weighted by atomic mass is 10.1. The van der Waals surface area contributed by atoms with E-state index in [-0.39, 0.29) is 12.6 Å². The van der Waals surface area contributed by atoms with Crippen LogP contribution in [0.5, 0.6) is 0 Å². The number of nitrogens with zero attached hydrogens (tertiary/aromatic N) is 2. The van der Waals surface area contributed by atoms with Crippen LogP contribution in [0.3, 0.4) is 0 Å². The number of hydrogen-bond donors (Lipinski definition) is 1. The third-order valence-corrected chi connectivity index (χ3v) is 9.65. The highest BCUT2D eigenvalue weighted by Crippen LogP contribution is 2.11. The molecule has 1 N–H and O–H groups in total. The van der Waals surface area contributed by atoms with Crippen molar-refractivity contribution >= 4 is 12.1 Å². The zero-order valence-electron chi connectivity index (χ0n) is 33.5. The molecule has 0 unspecified atom stereocenters. The summed E-state index contributed by atoms with van der Waals surface area (Å²) in [7, 11) is 0.